The Labute approximate surface area is 138 Å². The molecule has 1 aliphatic rings. The molecule has 1 aliphatic carbocycles. The first kappa shape index (κ1) is 17.5. The van der Waals surface area contributed by atoms with Gasteiger partial charge in [0.05, 0.1) is 11.8 Å². The molecule has 2 atom stereocenters. The zero-order chi connectivity index (χ0) is 17.3. The zero-order valence-electron chi connectivity index (χ0n) is 14.6. The van der Waals surface area contributed by atoms with Crippen LogP contribution in [0.25, 0.3) is 0 Å². The molecule has 0 radical (unpaired) electrons. The average molecular weight is 318 g/mol. The Bertz CT molecular complexity index is 569. The molecule has 0 unspecified atom stereocenters. The molecule has 23 heavy (non-hydrogen) atoms. The summed E-state index contributed by atoms with van der Waals surface area (Å²) in [6, 6.07) is 9.58. The van der Waals surface area contributed by atoms with Gasteiger partial charge >= 0.3 is 11.9 Å². The molecule has 0 spiro atoms. The second kappa shape index (κ2) is 6.34. The van der Waals surface area contributed by atoms with Gasteiger partial charge in [-0.25, -0.2) is 0 Å². The fraction of sp³-hybridized carbons (Fsp3) is 0.579. The lowest BCUT2D eigenvalue weighted by molar-refractivity contribution is -0.186. The maximum Gasteiger partial charge on any atom is 0.310 e. The lowest BCUT2D eigenvalue weighted by Gasteiger charge is -2.49. The second-order valence-electron chi connectivity index (χ2n) is 7.79. The summed E-state index contributed by atoms with van der Waals surface area (Å²) in [6.07, 6.45) is 0.496. The van der Waals surface area contributed by atoms with Crippen LogP contribution >= 0.6 is 0 Å². The van der Waals surface area contributed by atoms with Crippen molar-refractivity contribution in [3.05, 3.63) is 35.9 Å². The fourth-order valence-corrected chi connectivity index (χ4v) is 2.93. The topological polar surface area (TPSA) is 52.6 Å². The summed E-state index contributed by atoms with van der Waals surface area (Å²) in [7, 11) is 0. The lowest BCUT2D eigenvalue weighted by atomic mass is 9.54. The van der Waals surface area contributed by atoms with E-state index >= 15 is 0 Å². The first-order valence-corrected chi connectivity index (χ1v) is 8.04. The number of esters is 2. The van der Waals surface area contributed by atoms with Gasteiger partial charge in [0, 0.05) is 0 Å². The number of carbonyl (C=O) groups excluding carboxylic acids is 2. The maximum absolute atomic E-state index is 12.3. The van der Waals surface area contributed by atoms with Crippen molar-refractivity contribution in [1.29, 1.82) is 0 Å². The monoisotopic (exact) mass is 318 g/mol. The number of rotatable bonds is 4. The zero-order valence-corrected chi connectivity index (χ0v) is 14.6. The Morgan fingerprint density at radius 1 is 1.09 bits per heavy atom. The number of hydrogen-bond donors (Lipinski definition) is 0. The van der Waals surface area contributed by atoms with E-state index in [1.165, 1.54) is 0 Å². The van der Waals surface area contributed by atoms with Crippen LogP contribution in [0, 0.1) is 17.3 Å². The SMILES string of the molecule is CC(C)(C)OC(=O)[C@@H]1C[C@H](C(=O)OCc2ccccc2)C1(C)C. The molecule has 4 heteroatoms. The van der Waals surface area contributed by atoms with Crippen LogP contribution in [0.3, 0.4) is 0 Å². The predicted octanol–water partition coefficient (Wildman–Crippen LogP) is 3.73. The van der Waals surface area contributed by atoms with Crippen LogP contribution in [0.2, 0.25) is 0 Å². The van der Waals surface area contributed by atoms with E-state index in [-0.39, 0.29) is 30.4 Å². The van der Waals surface area contributed by atoms with E-state index < -0.39 is 11.0 Å². The summed E-state index contributed by atoms with van der Waals surface area (Å²) in [5.41, 5.74) is 0.0176. The van der Waals surface area contributed by atoms with Gasteiger partial charge in [0.1, 0.15) is 12.2 Å². The van der Waals surface area contributed by atoms with Gasteiger partial charge in [0.25, 0.3) is 0 Å². The van der Waals surface area contributed by atoms with Crippen LogP contribution in [-0.4, -0.2) is 17.5 Å². The Hall–Kier alpha value is -1.84. The quantitative estimate of drug-likeness (QED) is 0.794. The highest BCUT2D eigenvalue weighted by atomic mass is 16.6. The summed E-state index contributed by atoms with van der Waals surface area (Å²) in [4.78, 5) is 24.5. The van der Waals surface area contributed by atoms with Crippen molar-refractivity contribution in [1.82, 2.24) is 0 Å². The summed E-state index contributed by atoms with van der Waals surface area (Å²) >= 11 is 0. The second-order valence-corrected chi connectivity index (χ2v) is 7.79. The Kier molecular flexibility index (Phi) is 4.83. The van der Waals surface area contributed by atoms with E-state index in [0.717, 1.165) is 5.56 Å². The van der Waals surface area contributed by atoms with Crippen molar-refractivity contribution < 1.29 is 19.1 Å². The highest BCUT2D eigenvalue weighted by Crippen LogP contribution is 2.52. The van der Waals surface area contributed by atoms with E-state index in [9.17, 15) is 9.59 Å². The van der Waals surface area contributed by atoms with Crippen molar-refractivity contribution in [2.75, 3.05) is 0 Å². The van der Waals surface area contributed by atoms with Crippen molar-refractivity contribution in [3.63, 3.8) is 0 Å². The summed E-state index contributed by atoms with van der Waals surface area (Å²) in [5.74, 6) is -0.979. The van der Waals surface area contributed by atoms with Crippen molar-refractivity contribution in [2.24, 2.45) is 17.3 Å². The summed E-state index contributed by atoms with van der Waals surface area (Å²) in [5, 5.41) is 0. The molecule has 4 nitrogen and oxygen atoms in total. The molecule has 0 aromatic heterocycles. The van der Waals surface area contributed by atoms with Gasteiger partial charge in [-0.2, -0.15) is 0 Å². The van der Waals surface area contributed by atoms with Crippen molar-refractivity contribution in [2.45, 2.75) is 53.2 Å². The van der Waals surface area contributed by atoms with Gasteiger partial charge < -0.3 is 9.47 Å². The molecule has 0 saturated heterocycles. The molecule has 0 N–H and O–H groups in total. The molecule has 1 saturated carbocycles. The van der Waals surface area contributed by atoms with Crippen LogP contribution in [0.5, 0.6) is 0 Å². The van der Waals surface area contributed by atoms with Crippen LogP contribution in [0.15, 0.2) is 30.3 Å². The van der Waals surface area contributed by atoms with Crippen LogP contribution < -0.4 is 0 Å². The fourth-order valence-electron chi connectivity index (χ4n) is 2.93. The minimum atomic E-state index is -0.508. The van der Waals surface area contributed by atoms with Gasteiger partial charge in [-0.3, -0.25) is 9.59 Å². The third kappa shape index (κ3) is 4.12. The van der Waals surface area contributed by atoms with Crippen LogP contribution in [0.1, 0.15) is 46.6 Å². The average Bonchev–Trinajstić information content (AvgIpc) is 2.43. The first-order chi connectivity index (χ1) is 10.6. The van der Waals surface area contributed by atoms with Crippen molar-refractivity contribution in [3.8, 4) is 0 Å². The van der Waals surface area contributed by atoms with E-state index in [4.69, 9.17) is 9.47 Å². The molecule has 0 heterocycles. The molecule has 0 aliphatic heterocycles. The van der Waals surface area contributed by atoms with Crippen LogP contribution in [0.4, 0.5) is 0 Å². The summed E-state index contributed by atoms with van der Waals surface area (Å²) < 4.78 is 10.8. The third-order valence-electron chi connectivity index (χ3n) is 4.47. The predicted molar refractivity (Wildman–Crippen MR) is 87.5 cm³/mol. The molecule has 0 amide bonds. The Morgan fingerprint density at radius 2 is 1.65 bits per heavy atom. The molecule has 126 valence electrons. The van der Waals surface area contributed by atoms with E-state index in [1.54, 1.807) is 0 Å². The standard InChI is InChI=1S/C19H26O4/c1-18(2,3)23-17(21)15-11-14(19(15,4)5)16(20)22-12-13-9-7-6-8-10-13/h6-10,14-15H,11-12H2,1-5H3/t14-,15+/m1/s1. The lowest BCUT2D eigenvalue weighted by Crippen LogP contribution is -2.53. The molecule has 0 bridgehead atoms. The molecule has 1 aromatic carbocycles. The highest BCUT2D eigenvalue weighted by molar-refractivity contribution is 5.82. The minimum Gasteiger partial charge on any atom is -0.461 e. The normalized spacial score (nSPS) is 22.8. The molecule has 1 fully saturated rings. The van der Waals surface area contributed by atoms with E-state index in [0.29, 0.717) is 6.42 Å². The van der Waals surface area contributed by atoms with E-state index in [2.05, 4.69) is 0 Å². The first-order valence-electron chi connectivity index (χ1n) is 8.04. The van der Waals surface area contributed by atoms with Gasteiger partial charge in [-0.15, -0.1) is 0 Å². The van der Waals surface area contributed by atoms with Gasteiger partial charge in [0.15, 0.2) is 0 Å². The summed E-state index contributed by atoms with van der Waals surface area (Å²) in [6.45, 7) is 9.68. The number of benzene rings is 1. The molecule has 1 aromatic rings. The number of carbonyl (C=O) groups is 2. The van der Waals surface area contributed by atoms with Gasteiger partial charge in [-0.05, 0) is 38.2 Å². The number of ether oxygens (including phenoxy) is 2. The smallest absolute Gasteiger partial charge is 0.310 e. The maximum atomic E-state index is 12.3. The Morgan fingerprint density at radius 3 is 2.17 bits per heavy atom. The largest absolute Gasteiger partial charge is 0.461 e. The molecule has 2 rings (SSSR count). The molecular formula is C19H26O4. The highest BCUT2D eigenvalue weighted by Gasteiger charge is 2.56. The van der Waals surface area contributed by atoms with Crippen molar-refractivity contribution >= 4 is 11.9 Å². The van der Waals surface area contributed by atoms with Gasteiger partial charge in [0.2, 0.25) is 0 Å². The number of hydrogen-bond acceptors (Lipinski definition) is 4. The molecular weight excluding hydrogens is 292 g/mol. The Balaban J connectivity index is 1.90. The van der Waals surface area contributed by atoms with E-state index in [1.807, 2.05) is 65.0 Å². The third-order valence-corrected chi connectivity index (χ3v) is 4.47. The van der Waals surface area contributed by atoms with Gasteiger partial charge in [-0.1, -0.05) is 44.2 Å². The minimum absolute atomic E-state index is 0.227. The van der Waals surface area contributed by atoms with Crippen LogP contribution in [-0.2, 0) is 25.7 Å².